The normalized spacial score (nSPS) is 10.2. The molecule has 2 aromatic rings. The third-order valence-electron chi connectivity index (χ3n) is 2.57. The van der Waals surface area contributed by atoms with Crippen molar-refractivity contribution in [2.24, 2.45) is 0 Å². The Kier molecular flexibility index (Phi) is 5.48. The Hall–Kier alpha value is -2.41. The summed E-state index contributed by atoms with van der Waals surface area (Å²) in [5.74, 6) is 1.18. The molecule has 0 heterocycles. The molecule has 2 aromatic carbocycles. The molecule has 2 rings (SSSR count). The van der Waals surface area contributed by atoms with Gasteiger partial charge >= 0.3 is 6.61 Å². The average Bonchev–Trinajstić information content (AvgIpc) is 2.50. The van der Waals surface area contributed by atoms with Crippen molar-refractivity contribution in [2.45, 2.75) is 6.61 Å². The van der Waals surface area contributed by atoms with E-state index in [0.717, 1.165) is 5.69 Å². The van der Waals surface area contributed by atoms with E-state index in [4.69, 9.17) is 21.7 Å². The molecule has 116 valence electrons. The lowest BCUT2D eigenvalue weighted by atomic mass is 10.3. The number of benzene rings is 2. The molecular weight excluding hydrogens is 312 g/mol. The first-order valence-corrected chi connectivity index (χ1v) is 6.65. The predicted octanol–water partition coefficient (Wildman–Crippen LogP) is 4.42. The van der Waals surface area contributed by atoms with Crippen molar-refractivity contribution in [3.05, 3.63) is 48.5 Å². The van der Waals surface area contributed by atoms with E-state index in [1.54, 1.807) is 36.4 Å². The van der Waals surface area contributed by atoms with E-state index in [1.807, 2.05) is 0 Å². The van der Waals surface area contributed by atoms with Gasteiger partial charge in [0, 0.05) is 5.69 Å². The number of rotatable bonds is 5. The van der Waals surface area contributed by atoms with Gasteiger partial charge in [0.25, 0.3) is 5.17 Å². The fraction of sp³-hybridized carbons (Fsp3) is 0.133. The Labute approximate surface area is 131 Å². The second-order valence-corrected chi connectivity index (χ2v) is 4.46. The highest BCUT2D eigenvalue weighted by Gasteiger charge is 2.04. The Bertz CT molecular complexity index is 618. The highest BCUT2D eigenvalue weighted by Crippen LogP contribution is 2.25. The largest absolute Gasteiger partial charge is 0.474 e. The van der Waals surface area contributed by atoms with Crippen LogP contribution in [0.3, 0.4) is 0 Å². The number of alkyl halides is 2. The van der Waals surface area contributed by atoms with E-state index in [2.05, 4.69) is 10.1 Å². The van der Waals surface area contributed by atoms with Crippen LogP contribution in [-0.2, 0) is 4.74 Å². The van der Waals surface area contributed by atoms with Crippen LogP contribution in [0.5, 0.6) is 17.2 Å². The lowest BCUT2D eigenvalue weighted by Crippen LogP contribution is -2.10. The van der Waals surface area contributed by atoms with Gasteiger partial charge in [-0.05, 0) is 60.7 Å². The van der Waals surface area contributed by atoms with Gasteiger partial charge in [-0.1, -0.05) is 0 Å². The fourth-order valence-electron chi connectivity index (χ4n) is 1.60. The van der Waals surface area contributed by atoms with Crippen LogP contribution in [-0.4, -0.2) is 18.9 Å². The Morgan fingerprint density at radius 3 is 1.95 bits per heavy atom. The van der Waals surface area contributed by atoms with Crippen LogP contribution in [0.1, 0.15) is 0 Å². The summed E-state index contributed by atoms with van der Waals surface area (Å²) in [4.78, 5) is 0. The van der Waals surface area contributed by atoms with E-state index >= 15 is 0 Å². The fourth-order valence-corrected chi connectivity index (χ4v) is 1.72. The summed E-state index contributed by atoms with van der Waals surface area (Å²) in [6, 6.07) is 12.9. The van der Waals surface area contributed by atoms with Crippen LogP contribution in [0.2, 0.25) is 0 Å². The molecule has 7 heteroatoms. The molecule has 0 saturated heterocycles. The van der Waals surface area contributed by atoms with E-state index in [1.165, 1.54) is 19.2 Å². The van der Waals surface area contributed by atoms with Crippen molar-refractivity contribution >= 4 is 23.1 Å². The van der Waals surface area contributed by atoms with Crippen molar-refractivity contribution in [2.75, 3.05) is 12.4 Å². The average molecular weight is 325 g/mol. The second-order valence-electron chi connectivity index (χ2n) is 4.09. The van der Waals surface area contributed by atoms with E-state index < -0.39 is 6.61 Å². The van der Waals surface area contributed by atoms with E-state index in [0.29, 0.717) is 11.5 Å². The minimum Gasteiger partial charge on any atom is -0.474 e. The third kappa shape index (κ3) is 4.85. The first-order chi connectivity index (χ1) is 10.6. The molecule has 0 radical (unpaired) electrons. The summed E-state index contributed by atoms with van der Waals surface area (Å²) < 4.78 is 38.8. The van der Waals surface area contributed by atoms with Crippen molar-refractivity contribution < 1.29 is 23.0 Å². The zero-order valence-electron chi connectivity index (χ0n) is 11.6. The van der Waals surface area contributed by atoms with Gasteiger partial charge in [0.05, 0.1) is 7.11 Å². The Morgan fingerprint density at radius 2 is 1.45 bits per heavy atom. The molecular formula is C15H13F2NO3S. The third-order valence-corrected chi connectivity index (χ3v) is 2.84. The number of hydrogen-bond donors (Lipinski definition) is 1. The van der Waals surface area contributed by atoms with Crippen molar-refractivity contribution in [1.29, 1.82) is 0 Å². The summed E-state index contributed by atoms with van der Waals surface area (Å²) in [6.45, 7) is -2.84. The highest BCUT2D eigenvalue weighted by atomic mass is 32.1. The van der Waals surface area contributed by atoms with Crippen molar-refractivity contribution in [3.63, 3.8) is 0 Å². The summed E-state index contributed by atoms with van der Waals surface area (Å²) in [7, 11) is 1.48. The van der Waals surface area contributed by atoms with Crippen LogP contribution in [0, 0.1) is 0 Å². The van der Waals surface area contributed by atoms with Gasteiger partial charge < -0.3 is 19.5 Å². The molecule has 0 saturated carbocycles. The molecule has 4 nitrogen and oxygen atoms in total. The van der Waals surface area contributed by atoms with E-state index in [-0.39, 0.29) is 10.9 Å². The van der Waals surface area contributed by atoms with Crippen molar-refractivity contribution in [3.8, 4) is 17.2 Å². The van der Waals surface area contributed by atoms with Crippen molar-refractivity contribution in [1.82, 2.24) is 0 Å². The van der Waals surface area contributed by atoms with Gasteiger partial charge in [-0.3, -0.25) is 0 Å². The van der Waals surface area contributed by atoms with Crippen LogP contribution < -0.4 is 14.8 Å². The minimum absolute atomic E-state index is 0.0787. The monoisotopic (exact) mass is 325 g/mol. The maximum atomic E-state index is 12.0. The van der Waals surface area contributed by atoms with Gasteiger partial charge in [-0.25, -0.2) is 0 Å². The lowest BCUT2D eigenvalue weighted by molar-refractivity contribution is -0.0498. The summed E-state index contributed by atoms with van der Waals surface area (Å²) in [5.41, 5.74) is 0.764. The zero-order chi connectivity index (χ0) is 15.9. The second kappa shape index (κ2) is 7.56. The molecule has 1 N–H and O–H groups in total. The molecule has 0 bridgehead atoms. The lowest BCUT2D eigenvalue weighted by Gasteiger charge is -2.09. The van der Waals surface area contributed by atoms with Gasteiger partial charge in [-0.15, -0.1) is 0 Å². The number of halogens is 2. The zero-order valence-corrected chi connectivity index (χ0v) is 12.4. The summed E-state index contributed by atoms with van der Waals surface area (Å²) in [6.07, 6.45) is 0. The molecule has 0 atom stereocenters. The number of anilines is 1. The molecule has 0 spiro atoms. The first kappa shape index (κ1) is 16.0. The van der Waals surface area contributed by atoms with Crippen LogP contribution in [0.15, 0.2) is 48.5 Å². The van der Waals surface area contributed by atoms with E-state index in [9.17, 15) is 8.78 Å². The Morgan fingerprint density at radius 1 is 0.955 bits per heavy atom. The van der Waals surface area contributed by atoms with Crippen LogP contribution in [0.4, 0.5) is 14.5 Å². The maximum Gasteiger partial charge on any atom is 0.387 e. The number of hydrogen-bond acceptors (Lipinski definition) is 4. The molecule has 0 aromatic heterocycles. The molecule has 0 aliphatic heterocycles. The van der Waals surface area contributed by atoms with Crippen LogP contribution >= 0.6 is 12.2 Å². The van der Waals surface area contributed by atoms with Gasteiger partial charge in [0.1, 0.15) is 17.2 Å². The SMILES string of the molecule is COC(=S)Nc1ccc(Oc2ccc(OC(F)F)cc2)cc1. The Balaban J connectivity index is 1.97. The maximum absolute atomic E-state index is 12.0. The molecule has 0 fully saturated rings. The van der Waals surface area contributed by atoms with Gasteiger partial charge in [0.15, 0.2) is 0 Å². The molecule has 0 amide bonds. The topological polar surface area (TPSA) is 39.7 Å². The highest BCUT2D eigenvalue weighted by molar-refractivity contribution is 7.80. The molecule has 0 unspecified atom stereocenters. The van der Waals surface area contributed by atoms with Gasteiger partial charge in [0.2, 0.25) is 0 Å². The number of nitrogens with one attached hydrogen (secondary N) is 1. The molecule has 22 heavy (non-hydrogen) atoms. The van der Waals surface area contributed by atoms with Crippen LogP contribution in [0.25, 0.3) is 0 Å². The number of thiocarbonyl (C=S) groups is 1. The quantitative estimate of drug-likeness (QED) is 0.824. The summed E-state index contributed by atoms with van der Waals surface area (Å²) >= 11 is 4.89. The molecule has 0 aliphatic carbocycles. The number of ether oxygens (including phenoxy) is 3. The smallest absolute Gasteiger partial charge is 0.387 e. The molecule has 0 aliphatic rings. The van der Waals surface area contributed by atoms with Gasteiger partial charge in [-0.2, -0.15) is 8.78 Å². The minimum atomic E-state index is -2.84. The predicted molar refractivity (Wildman–Crippen MR) is 82.8 cm³/mol. The summed E-state index contributed by atoms with van der Waals surface area (Å²) in [5, 5.41) is 3.14. The first-order valence-electron chi connectivity index (χ1n) is 6.24. The standard InChI is InChI=1S/C15H13F2NO3S/c1-19-15(22)18-10-2-4-11(5-3-10)20-12-6-8-13(9-7-12)21-14(16)17/h2-9,14H,1H3,(H,18,22). The number of methoxy groups -OCH3 is 1.